The van der Waals surface area contributed by atoms with Crippen molar-refractivity contribution in [3.63, 3.8) is 0 Å². The van der Waals surface area contributed by atoms with Crippen molar-refractivity contribution < 1.29 is 4.39 Å². The molecule has 2 aromatic heterocycles. The Morgan fingerprint density at radius 1 is 0.897 bits per heavy atom. The normalized spacial score (nSPS) is 13.5. The van der Waals surface area contributed by atoms with E-state index >= 15 is 0 Å². The number of hydrogen-bond donors (Lipinski definition) is 0. The number of rotatable bonds is 4. The lowest BCUT2D eigenvalue weighted by atomic mass is 10.3. The number of benzene rings is 1. The standard InChI is InChI=1S/C19H22FN7.2ClH/c1-24(16-8-6-15(20)7-9-16)18-22-23-19(25(18)2)27-13-11-26(12-14-27)17-5-3-4-10-21-17;;/h3-10H,11-14H2,1-2H3;2*1H. The fraction of sp³-hybridized carbons (Fsp3) is 0.316. The van der Waals surface area contributed by atoms with Crippen LogP contribution >= 0.6 is 24.8 Å². The summed E-state index contributed by atoms with van der Waals surface area (Å²) in [6.45, 7) is 3.46. The lowest BCUT2D eigenvalue weighted by Crippen LogP contribution is -2.47. The van der Waals surface area contributed by atoms with Crippen molar-refractivity contribution >= 4 is 48.2 Å². The van der Waals surface area contributed by atoms with E-state index in [1.54, 1.807) is 12.1 Å². The van der Waals surface area contributed by atoms with Gasteiger partial charge in [-0.3, -0.25) is 4.57 Å². The first-order valence-electron chi connectivity index (χ1n) is 8.93. The van der Waals surface area contributed by atoms with E-state index in [4.69, 9.17) is 0 Å². The SMILES string of the molecule is CN(c1ccc(F)cc1)c1nnc(N2CCN(c3ccccn3)CC2)n1C.Cl.Cl. The number of anilines is 4. The van der Waals surface area contributed by atoms with Crippen LogP contribution in [-0.4, -0.2) is 53.0 Å². The van der Waals surface area contributed by atoms with Crippen molar-refractivity contribution in [1.29, 1.82) is 0 Å². The van der Waals surface area contributed by atoms with Crippen LogP contribution in [0.3, 0.4) is 0 Å². The Balaban J connectivity index is 0.00000150. The molecule has 156 valence electrons. The van der Waals surface area contributed by atoms with E-state index in [1.165, 1.54) is 12.1 Å². The van der Waals surface area contributed by atoms with Crippen LogP contribution in [0.2, 0.25) is 0 Å². The molecular weight excluding hydrogens is 416 g/mol. The number of piperazine rings is 1. The van der Waals surface area contributed by atoms with Crippen LogP contribution in [0, 0.1) is 5.82 Å². The molecule has 1 aromatic carbocycles. The number of hydrogen-bond acceptors (Lipinski definition) is 6. The van der Waals surface area contributed by atoms with Crippen LogP contribution in [0.15, 0.2) is 48.7 Å². The quantitative estimate of drug-likeness (QED) is 0.621. The van der Waals surface area contributed by atoms with E-state index in [2.05, 4.69) is 25.0 Å². The molecule has 1 fully saturated rings. The highest BCUT2D eigenvalue weighted by atomic mass is 35.5. The number of pyridine rings is 1. The zero-order valence-electron chi connectivity index (χ0n) is 16.3. The molecular formula is C19H24Cl2FN7. The molecule has 0 aliphatic carbocycles. The van der Waals surface area contributed by atoms with E-state index in [0.717, 1.165) is 43.6 Å². The number of aromatic nitrogens is 4. The Bertz CT molecular complexity index is 897. The van der Waals surface area contributed by atoms with Gasteiger partial charge in [0.05, 0.1) is 0 Å². The summed E-state index contributed by atoms with van der Waals surface area (Å²) in [4.78, 5) is 10.8. The molecule has 1 saturated heterocycles. The Hall–Kier alpha value is -2.58. The summed E-state index contributed by atoms with van der Waals surface area (Å²) in [6, 6.07) is 12.3. The van der Waals surface area contributed by atoms with Gasteiger partial charge in [0, 0.05) is 52.2 Å². The molecule has 0 atom stereocenters. The van der Waals surface area contributed by atoms with Gasteiger partial charge in [-0.25, -0.2) is 9.37 Å². The Morgan fingerprint density at radius 3 is 2.17 bits per heavy atom. The summed E-state index contributed by atoms with van der Waals surface area (Å²) in [6.07, 6.45) is 1.82. The molecule has 0 bridgehead atoms. The molecule has 3 aromatic rings. The third-order valence-corrected chi connectivity index (χ3v) is 4.88. The van der Waals surface area contributed by atoms with E-state index in [0.29, 0.717) is 5.95 Å². The minimum Gasteiger partial charge on any atom is -0.353 e. The van der Waals surface area contributed by atoms with Crippen molar-refractivity contribution in [2.24, 2.45) is 7.05 Å². The van der Waals surface area contributed by atoms with Gasteiger partial charge in [-0.1, -0.05) is 6.07 Å². The summed E-state index contributed by atoms with van der Waals surface area (Å²) in [5.41, 5.74) is 0.860. The molecule has 7 nitrogen and oxygen atoms in total. The highest BCUT2D eigenvalue weighted by molar-refractivity contribution is 5.85. The van der Waals surface area contributed by atoms with Gasteiger partial charge in [0.15, 0.2) is 0 Å². The van der Waals surface area contributed by atoms with Gasteiger partial charge in [0.25, 0.3) is 0 Å². The minimum absolute atomic E-state index is 0. The predicted molar refractivity (Wildman–Crippen MR) is 119 cm³/mol. The second-order valence-corrected chi connectivity index (χ2v) is 6.56. The largest absolute Gasteiger partial charge is 0.353 e. The van der Waals surface area contributed by atoms with Crippen LogP contribution in [0.25, 0.3) is 0 Å². The molecule has 1 aliphatic rings. The molecule has 0 amide bonds. The summed E-state index contributed by atoms with van der Waals surface area (Å²) in [5.74, 6) is 2.30. The highest BCUT2D eigenvalue weighted by Gasteiger charge is 2.23. The van der Waals surface area contributed by atoms with Crippen molar-refractivity contribution in [2.45, 2.75) is 0 Å². The first-order chi connectivity index (χ1) is 13.1. The molecule has 1 aliphatic heterocycles. The average molecular weight is 440 g/mol. The molecule has 10 heteroatoms. The summed E-state index contributed by atoms with van der Waals surface area (Å²) in [7, 11) is 3.86. The van der Waals surface area contributed by atoms with Gasteiger partial charge < -0.3 is 14.7 Å². The van der Waals surface area contributed by atoms with Gasteiger partial charge in [-0.2, -0.15) is 0 Å². The second kappa shape index (κ2) is 9.76. The predicted octanol–water partition coefficient (Wildman–Crippen LogP) is 3.29. The first-order valence-corrected chi connectivity index (χ1v) is 8.93. The van der Waals surface area contributed by atoms with Crippen molar-refractivity contribution in [1.82, 2.24) is 19.7 Å². The van der Waals surface area contributed by atoms with E-state index in [9.17, 15) is 4.39 Å². The topological polar surface area (TPSA) is 53.3 Å². The maximum Gasteiger partial charge on any atom is 0.232 e. The molecule has 29 heavy (non-hydrogen) atoms. The third-order valence-electron chi connectivity index (χ3n) is 4.88. The number of halogens is 3. The second-order valence-electron chi connectivity index (χ2n) is 6.56. The maximum atomic E-state index is 13.2. The Labute approximate surface area is 182 Å². The smallest absolute Gasteiger partial charge is 0.232 e. The van der Waals surface area contributed by atoms with Crippen LogP contribution in [-0.2, 0) is 7.05 Å². The number of nitrogens with zero attached hydrogens (tertiary/aromatic N) is 7. The zero-order chi connectivity index (χ0) is 18.8. The van der Waals surface area contributed by atoms with E-state index in [1.807, 2.05) is 48.0 Å². The Morgan fingerprint density at radius 2 is 1.55 bits per heavy atom. The Kier molecular flexibility index (Phi) is 7.64. The summed E-state index contributed by atoms with van der Waals surface area (Å²) in [5, 5.41) is 8.73. The van der Waals surface area contributed by atoms with Crippen molar-refractivity contribution in [3.05, 3.63) is 54.5 Å². The van der Waals surface area contributed by atoms with Crippen molar-refractivity contribution in [2.75, 3.05) is 47.9 Å². The van der Waals surface area contributed by atoms with Gasteiger partial charge in [0.2, 0.25) is 11.9 Å². The molecule has 0 N–H and O–H groups in total. The molecule has 3 heterocycles. The zero-order valence-corrected chi connectivity index (χ0v) is 17.9. The maximum absolute atomic E-state index is 13.2. The van der Waals surface area contributed by atoms with E-state index < -0.39 is 0 Å². The third kappa shape index (κ3) is 4.71. The van der Waals surface area contributed by atoms with Gasteiger partial charge in [0.1, 0.15) is 11.6 Å². The van der Waals surface area contributed by atoms with Gasteiger partial charge in [-0.15, -0.1) is 35.0 Å². The van der Waals surface area contributed by atoms with Crippen LogP contribution < -0.4 is 14.7 Å². The van der Waals surface area contributed by atoms with E-state index in [-0.39, 0.29) is 30.6 Å². The van der Waals surface area contributed by atoms with Gasteiger partial charge in [-0.05, 0) is 36.4 Å². The lowest BCUT2D eigenvalue weighted by Gasteiger charge is -2.35. The summed E-state index contributed by atoms with van der Waals surface area (Å²) < 4.78 is 15.1. The summed E-state index contributed by atoms with van der Waals surface area (Å²) >= 11 is 0. The monoisotopic (exact) mass is 439 g/mol. The molecule has 0 saturated carbocycles. The van der Waals surface area contributed by atoms with Gasteiger partial charge >= 0.3 is 0 Å². The first kappa shape index (κ1) is 22.7. The minimum atomic E-state index is -0.253. The molecule has 0 spiro atoms. The fourth-order valence-corrected chi connectivity index (χ4v) is 3.34. The average Bonchev–Trinajstić information content (AvgIpc) is 3.10. The van der Waals surface area contributed by atoms with Crippen LogP contribution in [0.1, 0.15) is 0 Å². The van der Waals surface area contributed by atoms with Crippen LogP contribution in [0.5, 0.6) is 0 Å². The molecule has 4 rings (SSSR count). The molecule has 0 radical (unpaired) electrons. The fourth-order valence-electron chi connectivity index (χ4n) is 3.34. The lowest BCUT2D eigenvalue weighted by molar-refractivity contribution is 0.624. The van der Waals surface area contributed by atoms with Crippen molar-refractivity contribution in [3.8, 4) is 0 Å². The molecule has 0 unspecified atom stereocenters. The highest BCUT2D eigenvalue weighted by Crippen LogP contribution is 2.25. The van der Waals surface area contributed by atoms with Crippen LogP contribution in [0.4, 0.5) is 27.8 Å².